The van der Waals surface area contributed by atoms with E-state index in [1.807, 2.05) is 25.3 Å². The van der Waals surface area contributed by atoms with Gasteiger partial charge in [-0.15, -0.1) is 11.3 Å². The van der Waals surface area contributed by atoms with Crippen LogP contribution in [0.4, 0.5) is 0 Å². The van der Waals surface area contributed by atoms with Crippen molar-refractivity contribution in [2.45, 2.75) is 32.5 Å². The standard InChI is InChI=1S/C10H16O2S/c1-7(12-3)6-10(11)9-4-5-13-8(9)2/h4-5,7,10-11H,6H2,1-3H3. The van der Waals surface area contributed by atoms with E-state index in [-0.39, 0.29) is 12.2 Å². The van der Waals surface area contributed by atoms with Crippen molar-refractivity contribution >= 4 is 11.3 Å². The molecule has 74 valence electrons. The van der Waals surface area contributed by atoms with Crippen molar-refractivity contribution in [1.82, 2.24) is 0 Å². The normalized spacial score (nSPS) is 15.7. The van der Waals surface area contributed by atoms with E-state index in [0.29, 0.717) is 6.42 Å². The van der Waals surface area contributed by atoms with Crippen LogP contribution < -0.4 is 0 Å². The first-order valence-electron chi connectivity index (χ1n) is 4.40. The van der Waals surface area contributed by atoms with Gasteiger partial charge in [-0.2, -0.15) is 0 Å². The van der Waals surface area contributed by atoms with Gasteiger partial charge in [0, 0.05) is 18.4 Å². The highest BCUT2D eigenvalue weighted by Gasteiger charge is 2.14. The second-order valence-electron chi connectivity index (χ2n) is 3.23. The molecule has 0 saturated carbocycles. The molecule has 0 saturated heterocycles. The van der Waals surface area contributed by atoms with Crippen molar-refractivity contribution < 1.29 is 9.84 Å². The Morgan fingerprint density at radius 2 is 2.31 bits per heavy atom. The molecule has 0 aliphatic rings. The van der Waals surface area contributed by atoms with Crippen LogP contribution in [0.2, 0.25) is 0 Å². The van der Waals surface area contributed by atoms with E-state index < -0.39 is 0 Å². The Balaban J connectivity index is 2.58. The molecule has 13 heavy (non-hydrogen) atoms. The third kappa shape index (κ3) is 2.79. The first kappa shape index (κ1) is 10.7. The SMILES string of the molecule is COC(C)CC(O)c1ccsc1C. The molecule has 1 N–H and O–H groups in total. The number of aliphatic hydroxyl groups is 1. The molecule has 0 radical (unpaired) electrons. The maximum atomic E-state index is 9.82. The Hall–Kier alpha value is -0.380. The van der Waals surface area contributed by atoms with Crippen molar-refractivity contribution in [3.05, 3.63) is 21.9 Å². The first-order valence-corrected chi connectivity index (χ1v) is 5.28. The second kappa shape index (κ2) is 4.74. The summed E-state index contributed by atoms with van der Waals surface area (Å²) in [6.07, 6.45) is 0.379. The van der Waals surface area contributed by atoms with Crippen molar-refractivity contribution in [1.29, 1.82) is 0 Å². The third-order valence-electron chi connectivity index (χ3n) is 2.22. The van der Waals surface area contributed by atoms with Gasteiger partial charge in [0.25, 0.3) is 0 Å². The predicted octanol–water partition coefficient (Wildman–Crippen LogP) is 2.51. The summed E-state index contributed by atoms with van der Waals surface area (Å²) in [6.45, 7) is 3.99. The van der Waals surface area contributed by atoms with Crippen LogP contribution in [-0.4, -0.2) is 18.3 Å². The van der Waals surface area contributed by atoms with Gasteiger partial charge in [-0.05, 0) is 30.9 Å². The van der Waals surface area contributed by atoms with Crippen LogP contribution in [0.25, 0.3) is 0 Å². The molecule has 1 heterocycles. The molecule has 0 amide bonds. The number of aryl methyl sites for hydroxylation is 1. The lowest BCUT2D eigenvalue weighted by molar-refractivity contribution is 0.0559. The van der Waals surface area contributed by atoms with Gasteiger partial charge in [-0.1, -0.05) is 0 Å². The number of thiophene rings is 1. The zero-order chi connectivity index (χ0) is 9.84. The summed E-state index contributed by atoms with van der Waals surface area (Å²) < 4.78 is 5.10. The van der Waals surface area contributed by atoms with Crippen molar-refractivity contribution in [2.75, 3.05) is 7.11 Å². The molecule has 0 bridgehead atoms. The Morgan fingerprint density at radius 1 is 1.62 bits per heavy atom. The molecular formula is C10H16O2S. The Morgan fingerprint density at radius 3 is 2.77 bits per heavy atom. The molecule has 0 aliphatic heterocycles. The molecule has 2 nitrogen and oxygen atoms in total. The van der Waals surface area contributed by atoms with Crippen molar-refractivity contribution in [3.8, 4) is 0 Å². The average Bonchev–Trinajstić information content (AvgIpc) is 2.51. The summed E-state index contributed by atoms with van der Waals surface area (Å²) >= 11 is 1.67. The predicted molar refractivity (Wildman–Crippen MR) is 55.1 cm³/mol. The lowest BCUT2D eigenvalue weighted by Crippen LogP contribution is -2.10. The van der Waals surface area contributed by atoms with Gasteiger partial charge in [-0.25, -0.2) is 0 Å². The highest BCUT2D eigenvalue weighted by Crippen LogP contribution is 2.26. The minimum absolute atomic E-state index is 0.106. The summed E-state index contributed by atoms with van der Waals surface area (Å²) in [6, 6.07) is 1.98. The van der Waals surface area contributed by atoms with Gasteiger partial charge in [0.05, 0.1) is 12.2 Å². The number of hydrogen-bond acceptors (Lipinski definition) is 3. The fourth-order valence-electron chi connectivity index (χ4n) is 1.28. The van der Waals surface area contributed by atoms with Gasteiger partial charge in [0.15, 0.2) is 0 Å². The van der Waals surface area contributed by atoms with Crippen molar-refractivity contribution in [2.24, 2.45) is 0 Å². The maximum Gasteiger partial charge on any atom is 0.0825 e. The number of ether oxygens (including phenoxy) is 1. The molecular weight excluding hydrogens is 184 g/mol. The van der Waals surface area contributed by atoms with Crippen LogP contribution in [0.3, 0.4) is 0 Å². The van der Waals surface area contributed by atoms with E-state index in [1.165, 1.54) is 4.88 Å². The quantitative estimate of drug-likeness (QED) is 0.809. The number of aliphatic hydroxyl groups excluding tert-OH is 1. The molecule has 2 atom stereocenters. The highest BCUT2D eigenvalue weighted by atomic mass is 32.1. The topological polar surface area (TPSA) is 29.5 Å². The van der Waals surface area contributed by atoms with Gasteiger partial charge < -0.3 is 9.84 Å². The minimum Gasteiger partial charge on any atom is -0.388 e. The van der Waals surface area contributed by atoms with Gasteiger partial charge >= 0.3 is 0 Å². The van der Waals surface area contributed by atoms with E-state index in [2.05, 4.69) is 0 Å². The van der Waals surface area contributed by atoms with E-state index in [9.17, 15) is 5.11 Å². The molecule has 0 aromatic carbocycles. The fraction of sp³-hybridized carbons (Fsp3) is 0.600. The summed E-state index contributed by atoms with van der Waals surface area (Å²) in [5.74, 6) is 0. The summed E-state index contributed by atoms with van der Waals surface area (Å²) in [7, 11) is 1.66. The van der Waals surface area contributed by atoms with Crippen molar-refractivity contribution in [3.63, 3.8) is 0 Å². The van der Waals surface area contributed by atoms with Crippen LogP contribution in [0.1, 0.15) is 29.9 Å². The Kier molecular flexibility index (Phi) is 3.90. The Bertz CT molecular complexity index is 257. The second-order valence-corrected chi connectivity index (χ2v) is 4.35. The molecule has 0 fully saturated rings. The largest absolute Gasteiger partial charge is 0.388 e. The molecule has 1 aromatic heterocycles. The van der Waals surface area contributed by atoms with E-state index in [4.69, 9.17) is 4.74 Å². The average molecular weight is 200 g/mol. The Labute approximate surface area is 83.2 Å². The number of hydrogen-bond donors (Lipinski definition) is 1. The van der Waals surface area contributed by atoms with Gasteiger partial charge in [0.1, 0.15) is 0 Å². The summed E-state index contributed by atoms with van der Waals surface area (Å²) in [5.41, 5.74) is 1.04. The molecule has 1 aromatic rings. The van der Waals surface area contributed by atoms with Gasteiger partial charge in [-0.3, -0.25) is 0 Å². The zero-order valence-corrected chi connectivity index (χ0v) is 9.10. The molecule has 3 heteroatoms. The monoisotopic (exact) mass is 200 g/mol. The third-order valence-corrected chi connectivity index (χ3v) is 3.08. The number of rotatable bonds is 4. The fourth-order valence-corrected chi connectivity index (χ4v) is 2.04. The number of methoxy groups -OCH3 is 1. The lowest BCUT2D eigenvalue weighted by Gasteiger charge is -2.14. The summed E-state index contributed by atoms with van der Waals surface area (Å²) in [5, 5.41) is 11.8. The minimum atomic E-state index is -0.388. The zero-order valence-electron chi connectivity index (χ0n) is 8.28. The first-order chi connectivity index (χ1) is 6.15. The molecule has 0 spiro atoms. The highest BCUT2D eigenvalue weighted by molar-refractivity contribution is 7.10. The van der Waals surface area contributed by atoms with E-state index in [1.54, 1.807) is 18.4 Å². The van der Waals surface area contributed by atoms with Crippen LogP contribution >= 0.6 is 11.3 Å². The molecule has 2 unspecified atom stereocenters. The maximum absolute atomic E-state index is 9.82. The van der Waals surface area contributed by atoms with Gasteiger partial charge in [0.2, 0.25) is 0 Å². The lowest BCUT2D eigenvalue weighted by atomic mass is 10.1. The van der Waals surface area contributed by atoms with Crippen LogP contribution in [0.5, 0.6) is 0 Å². The van der Waals surface area contributed by atoms with Crippen LogP contribution in [0.15, 0.2) is 11.4 Å². The smallest absolute Gasteiger partial charge is 0.0825 e. The molecule has 1 rings (SSSR count). The van der Waals surface area contributed by atoms with Crippen LogP contribution in [-0.2, 0) is 4.74 Å². The van der Waals surface area contributed by atoms with E-state index in [0.717, 1.165) is 5.56 Å². The van der Waals surface area contributed by atoms with Crippen LogP contribution in [0, 0.1) is 6.92 Å². The molecule has 0 aliphatic carbocycles. The van der Waals surface area contributed by atoms with E-state index >= 15 is 0 Å². The summed E-state index contributed by atoms with van der Waals surface area (Å²) in [4.78, 5) is 1.19.